The zero-order valence-electron chi connectivity index (χ0n) is 22.5. The van der Waals surface area contributed by atoms with Crippen LogP contribution in [-0.2, 0) is 25.6 Å². The van der Waals surface area contributed by atoms with Crippen LogP contribution in [0.3, 0.4) is 0 Å². The molecule has 12 nitrogen and oxygen atoms in total. The lowest BCUT2D eigenvalue weighted by atomic mass is 9.52. The largest absolute Gasteiger partial charge is 0.505 e. The molecule has 5 rings (SSSR count). The summed E-state index contributed by atoms with van der Waals surface area (Å²) in [6.07, 6.45) is -0.859. The van der Waals surface area contributed by atoms with Crippen molar-refractivity contribution in [1.29, 1.82) is 0 Å². The van der Waals surface area contributed by atoms with Crippen molar-refractivity contribution in [3.8, 4) is 11.5 Å². The molecule has 12 heteroatoms. The summed E-state index contributed by atoms with van der Waals surface area (Å²) >= 11 is 0. The third-order valence-corrected chi connectivity index (χ3v) is 8.40. The summed E-state index contributed by atoms with van der Waals surface area (Å²) in [4.78, 5) is 80.0. The van der Waals surface area contributed by atoms with Crippen LogP contribution in [0, 0.1) is 30.6 Å². The van der Waals surface area contributed by atoms with Crippen LogP contribution in [0.25, 0.3) is 0 Å². The van der Waals surface area contributed by atoms with Crippen molar-refractivity contribution < 1.29 is 43.7 Å². The highest BCUT2D eigenvalue weighted by atomic mass is 16.6. The lowest BCUT2D eigenvalue weighted by molar-refractivity contribution is -0.181. The first-order valence-corrected chi connectivity index (χ1v) is 13.0. The lowest BCUT2D eigenvalue weighted by Crippen LogP contribution is -2.74. The number of phenols is 1. The number of primary amides is 1. The first kappa shape index (κ1) is 28.1. The van der Waals surface area contributed by atoms with Gasteiger partial charge in [0, 0.05) is 5.92 Å². The van der Waals surface area contributed by atoms with Gasteiger partial charge in [-0.05, 0) is 63.5 Å². The van der Waals surface area contributed by atoms with Crippen LogP contribution in [0.15, 0.2) is 36.4 Å². The Hall–Kier alpha value is -4.42. The summed E-state index contributed by atoms with van der Waals surface area (Å²) in [5.74, 6) is -11.2. The average molecular weight is 564 g/mol. The van der Waals surface area contributed by atoms with Crippen LogP contribution in [0.5, 0.6) is 11.5 Å². The number of phenolic OH excluding ortho intramolecular Hbond substituents is 1. The number of aromatic hydroxyl groups is 1. The molecule has 2 fully saturated rings. The molecule has 0 heterocycles. The first-order valence-electron chi connectivity index (χ1n) is 13.0. The van der Waals surface area contributed by atoms with E-state index in [1.807, 2.05) is 6.92 Å². The number of carbonyl (C=O) groups is 6. The number of hydrogen-bond acceptors (Lipinski definition) is 10. The molecule has 2 aromatic carbocycles. The minimum Gasteiger partial charge on any atom is -0.505 e. The number of likely N-dealkylation sites (N-methyl/N-ethyl adjacent to an activating group) is 1. The molecular weight excluding hydrogens is 534 g/mol. The molecule has 41 heavy (non-hydrogen) atoms. The zero-order valence-corrected chi connectivity index (χ0v) is 22.5. The molecule has 0 saturated heterocycles. The summed E-state index contributed by atoms with van der Waals surface area (Å²) in [6.45, 7) is 1.87. The number of ether oxygens (including phenoxy) is 1. The van der Waals surface area contributed by atoms with Gasteiger partial charge in [0.25, 0.3) is 0 Å². The van der Waals surface area contributed by atoms with Gasteiger partial charge < -0.3 is 20.7 Å². The molecule has 2 amide bonds. The number of rotatable bonds is 4. The van der Waals surface area contributed by atoms with Gasteiger partial charge in [0.2, 0.25) is 5.91 Å². The minimum absolute atomic E-state index is 0.0481. The molecule has 5 N–H and O–H groups in total. The van der Waals surface area contributed by atoms with Crippen molar-refractivity contribution in [2.75, 3.05) is 19.4 Å². The van der Waals surface area contributed by atoms with E-state index < -0.39 is 76.2 Å². The van der Waals surface area contributed by atoms with Crippen LogP contribution in [0.2, 0.25) is 0 Å². The van der Waals surface area contributed by atoms with E-state index in [9.17, 15) is 39.0 Å². The Morgan fingerprint density at radius 1 is 1.05 bits per heavy atom. The van der Waals surface area contributed by atoms with Crippen molar-refractivity contribution in [1.82, 2.24) is 4.90 Å². The highest BCUT2D eigenvalue weighted by molar-refractivity contribution is 6.32. The Morgan fingerprint density at radius 3 is 2.32 bits per heavy atom. The van der Waals surface area contributed by atoms with Gasteiger partial charge in [-0.3, -0.25) is 34.2 Å². The molecule has 3 aliphatic carbocycles. The number of nitrogens with one attached hydrogen (secondary N) is 1. The van der Waals surface area contributed by atoms with Crippen LogP contribution in [0.1, 0.15) is 27.9 Å². The SMILES string of the molecule is Cc1ccc(OC(=O)Nc2ccc3c(c2O)C(=O)C2C(=O)[C@@]4(O)C(=O)C(C(N)=O)C(=O)[C@H](N(C)C)[C@H]4C[C@H]2C3)cc1. The normalized spacial score (nSPS) is 29.0. The van der Waals surface area contributed by atoms with Crippen molar-refractivity contribution in [2.45, 2.75) is 31.4 Å². The number of ketones is 4. The molecule has 2 saturated carbocycles. The Labute approximate surface area is 234 Å². The zero-order chi connectivity index (χ0) is 30.0. The van der Waals surface area contributed by atoms with E-state index in [-0.39, 0.29) is 29.8 Å². The Morgan fingerprint density at radius 2 is 1.71 bits per heavy atom. The molecule has 214 valence electrons. The molecular formula is C29H29N3O9. The molecule has 0 aromatic heterocycles. The Balaban J connectivity index is 1.48. The maximum Gasteiger partial charge on any atom is 0.417 e. The highest BCUT2D eigenvalue weighted by Gasteiger charge is 2.69. The monoisotopic (exact) mass is 563 g/mol. The smallest absolute Gasteiger partial charge is 0.417 e. The number of nitrogens with two attached hydrogens (primary N) is 1. The Bertz CT molecular complexity index is 1520. The molecule has 6 atom stereocenters. The molecule has 0 spiro atoms. The predicted octanol–water partition coefficient (Wildman–Crippen LogP) is 0.786. The maximum absolute atomic E-state index is 13.8. The lowest BCUT2D eigenvalue weighted by Gasteiger charge is -2.52. The maximum atomic E-state index is 13.8. The fourth-order valence-electron chi connectivity index (χ4n) is 6.53. The third-order valence-electron chi connectivity index (χ3n) is 8.40. The van der Waals surface area contributed by atoms with E-state index >= 15 is 0 Å². The van der Waals surface area contributed by atoms with Gasteiger partial charge in [-0.2, -0.15) is 0 Å². The second-order valence-electron chi connectivity index (χ2n) is 11.1. The van der Waals surface area contributed by atoms with Crippen molar-refractivity contribution >= 4 is 40.8 Å². The standard InChI is InChI=1S/C29H29N3O9/c1-12-4-7-15(8-5-12)41-28(39)31-17-9-6-13-10-14-11-16-21(32(2)3)24(35)20(27(30)38)26(37)29(16,40)25(36)19(14)23(34)18(13)22(17)33/h4-9,14,16,19-21,33,40H,10-11H2,1-3H3,(H2,30,38)(H,31,39)/t14-,16-,19?,20?,21-,29-/m1/s1. The summed E-state index contributed by atoms with van der Waals surface area (Å²) in [5, 5.41) is 25.0. The van der Waals surface area contributed by atoms with E-state index in [4.69, 9.17) is 10.5 Å². The Kier molecular flexibility index (Phi) is 6.79. The third kappa shape index (κ3) is 4.30. The van der Waals surface area contributed by atoms with Crippen molar-refractivity contribution in [2.24, 2.45) is 29.4 Å². The van der Waals surface area contributed by atoms with Gasteiger partial charge in [-0.1, -0.05) is 23.8 Å². The van der Waals surface area contributed by atoms with E-state index in [0.717, 1.165) is 5.56 Å². The summed E-state index contributed by atoms with van der Waals surface area (Å²) in [5.41, 5.74) is 3.50. The van der Waals surface area contributed by atoms with Crippen molar-refractivity contribution in [3.05, 3.63) is 53.1 Å². The minimum atomic E-state index is -2.81. The fraction of sp³-hybridized carbons (Fsp3) is 0.379. The number of anilines is 1. The number of carbonyl (C=O) groups excluding carboxylic acids is 6. The van der Waals surface area contributed by atoms with Gasteiger partial charge in [0.1, 0.15) is 11.5 Å². The topological polar surface area (TPSA) is 193 Å². The number of benzene rings is 2. The van der Waals surface area contributed by atoms with Crippen LogP contribution in [-0.4, -0.2) is 76.0 Å². The average Bonchev–Trinajstić information content (AvgIpc) is 2.89. The van der Waals surface area contributed by atoms with Crippen LogP contribution >= 0.6 is 0 Å². The second-order valence-corrected chi connectivity index (χ2v) is 11.1. The van der Waals surface area contributed by atoms with E-state index in [2.05, 4.69) is 5.32 Å². The number of nitrogens with zero attached hydrogens (tertiary/aromatic N) is 1. The molecule has 3 aliphatic rings. The predicted molar refractivity (Wildman–Crippen MR) is 142 cm³/mol. The molecule has 0 bridgehead atoms. The van der Waals surface area contributed by atoms with Gasteiger partial charge in [-0.25, -0.2) is 4.79 Å². The fourth-order valence-corrected chi connectivity index (χ4v) is 6.53. The van der Waals surface area contributed by atoms with Gasteiger partial charge in [0.15, 0.2) is 34.7 Å². The highest BCUT2D eigenvalue weighted by Crippen LogP contribution is 2.51. The van der Waals surface area contributed by atoms with Crippen LogP contribution < -0.4 is 15.8 Å². The van der Waals surface area contributed by atoms with E-state index in [1.54, 1.807) is 24.3 Å². The number of aliphatic hydroxyl groups is 1. The van der Waals surface area contributed by atoms with Gasteiger partial charge in [0.05, 0.1) is 23.2 Å². The van der Waals surface area contributed by atoms with E-state index in [1.165, 1.54) is 31.1 Å². The number of amides is 2. The first-order chi connectivity index (χ1) is 19.3. The second kappa shape index (κ2) is 9.89. The van der Waals surface area contributed by atoms with E-state index in [0.29, 0.717) is 5.56 Å². The summed E-state index contributed by atoms with van der Waals surface area (Å²) < 4.78 is 5.21. The molecule has 2 unspecified atom stereocenters. The quantitative estimate of drug-likeness (QED) is 0.305. The summed E-state index contributed by atoms with van der Waals surface area (Å²) in [7, 11) is 3.04. The molecule has 0 aliphatic heterocycles. The number of Topliss-reactive ketones (excluding diaryl/α,β-unsaturated/α-hetero) is 4. The van der Waals surface area contributed by atoms with Crippen LogP contribution in [0.4, 0.5) is 10.5 Å². The number of aryl methyl sites for hydroxylation is 1. The van der Waals surface area contributed by atoms with Gasteiger partial charge >= 0.3 is 6.09 Å². The summed E-state index contributed by atoms with van der Waals surface area (Å²) in [6, 6.07) is 8.41. The number of fused-ring (bicyclic) bond motifs is 3. The molecule has 0 radical (unpaired) electrons. The van der Waals surface area contributed by atoms with Crippen molar-refractivity contribution in [3.63, 3.8) is 0 Å². The number of hydrogen-bond donors (Lipinski definition) is 4. The van der Waals surface area contributed by atoms with Gasteiger partial charge in [-0.15, -0.1) is 0 Å². The molecule has 2 aromatic rings.